The molecule has 19 nitrogen and oxygen atoms in total. The van der Waals surface area contributed by atoms with E-state index in [0.29, 0.717) is 16.9 Å². The molecular formula is C39H50O19. The van der Waals surface area contributed by atoms with Crippen molar-refractivity contribution in [2.24, 2.45) is 0 Å². The first-order chi connectivity index (χ1) is 27.6. The molecule has 3 saturated heterocycles. The lowest BCUT2D eigenvalue weighted by molar-refractivity contribution is -0.355. The number of ether oxygens (including phenoxy) is 7. The lowest BCUT2D eigenvalue weighted by Crippen LogP contribution is -2.64. The van der Waals surface area contributed by atoms with Crippen molar-refractivity contribution in [1.29, 1.82) is 0 Å². The standard InChI is InChI=1S/C39H50O19/c1-15(2)5-10-19-21(53-37-31(49)28(46)26(44)22(13-40)54-37)12-11-20-25(43)35(33(56-34(19)20)17-6-8-18(51-4)9-7-17)57-39-36(30(48)24(42)16(3)52-39)58-38-32(50)29(47)27(45)23(14-41)55-38/h5-9,11-12,16,22-24,26-32,36-42,44-50H,10,13-14H2,1-4H3. The van der Waals surface area contributed by atoms with E-state index < -0.39 is 117 Å². The molecule has 0 aliphatic carbocycles. The van der Waals surface area contributed by atoms with Crippen molar-refractivity contribution in [2.45, 2.75) is 119 Å². The van der Waals surface area contributed by atoms with Gasteiger partial charge in [-0.2, -0.15) is 0 Å². The van der Waals surface area contributed by atoms with Crippen molar-refractivity contribution in [3.63, 3.8) is 0 Å². The first kappa shape index (κ1) is 43.8. The van der Waals surface area contributed by atoms with E-state index in [9.17, 15) is 55.9 Å². The van der Waals surface area contributed by atoms with Crippen molar-refractivity contribution in [3.8, 4) is 28.6 Å². The van der Waals surface area contributed by atoms with Crippen molar-refractivity contribution in [3.05, 3.63) is 63.8 Å². The molecule has 3 aliphatic rings. The number of methoxy groups -OCH3 is 1. The molecule has 2 aromatic carbocycles. The first-order valence-corrected chi connectivity index (χ1v) is 18.6. The summed E-state index contributed by atoms with van der Waals surface area (Å²) in [5.41, 5.74) is 0.708. The van der Waals surface area contributed by atoms with Crippen LogP contribution in [-0.2, 0) is 25.4 Å². The number of fused-ring (bicyclic) bond motifs is 1. The molecule has 58 heavy (non-hydrogen) atoms. The second-order valence-electron chi connectivity index (χ2n) is 14.6. The third kappa shape index (κ3) is 8.60. The summed E-state index contributed by atoms with van der Waals surface area (Å²) in [6, 6.07) is 9.08. The Labute approximate surface area is 331 Å². The highest BCUT2D eigenvalue weighted by Crippen LogP contribution is 2.39. The normalized spacial score (nSPS) is 35.4. The van der Waals surface area contributed by atoms with Gasteiger partial charge in [0.05, 0.1) is 31.8 Å². The van der Waals surface area contributed by atoms with Crippen LogP contribution in [0, 0.1) is 0 Å². The van der Waals surface area contributed by atoms with Gasteiger partial charge in [0, 0.05) is 11.1 Å². The van der Waals surface area contributed by atoms with Gasteiger partial charge in [-0.15, -0.1) is 0 Å². The summed E-state index contributed by atoms with van der Waals surface area (Å²) in [5.74, 6) is -0.0894. The van der Waals surface area contributed by atoms with Crippen LogP contribution < -0.4 is 19.6 Å². The highest BCUT2D eigenvalue weighted by molar-refractivity contribution is 5.86. The van der Waals surface area contributed by atoms with Crippen LogP contribution in [0.15, 0.2) is 57.3 Å². The quantitative estimate of drug-likeness (QED) is 0.0901. The molecule has 6 rings (SSSR count). The average Bonchev–Trinajstić information content (AvgIpc) is 3.21. The zero-order chi connectivity index (χ0) is 42.2. The monoisotopic (exact) mass is 822 g/mol. The number of allylic oxidation sites excluding steroid dienone is 2. The lowest BCUT2D eigenvalue weighted by atomic mass is 9.97. The number of hydrogen-bond donors (Lipinski definition) is 10. The number of aliphatic hydroxyl groups is 10. The van der Waals surface area contributed by atoms with Crippen LogP contribution in [0.4, 0.5) is 0 Å². The number of hydrogen-bond acceptors (Lipinski definition) is 19. The van der Waals surface area contributed by atoms with Gasteiger partial charge >= 0.3 is 0 Å². The molecule has 4 heterocycles. The third-order valence-electron chi connectivity index (χ3n) is 10.4. The molecule has 1 aromatic heterocycles. The van der Waals surface area contributed by atoms with Gasteiger partial charge < -0.3 is 88.6 Å². The van der Waals surface area contributed by atoms with Gasteiger partial charge in [-0.1, -0.05) is 11.6 Å². The van der Waals surface area contributed by atoms with E-state index in [1.807, 2.05) is 19.9 Å². The molecule has 0 amide bonds. The number of rotatable bonds is 12. The van der Waals surface area contributed by atoms with Crippen LogP contribution in [0.1, 0.15) is 26.3 Å². The molecule has 0 radical (unpaired) electrons. The van der Waals surface area contributed by atoms with E-state index in [-0.39, 0.29) is 28.9 Å². The summed E-state index contributed by atoms with van der Waals surface area (Å²) in [7, 11) is 1.46. The van der Waals surface area contributed by atoms with Gasteiger partial charge in [0.25, 0.3) is 0 Å². The fourth-order valence-corrected chi connectivity index (χ4v) is 6.91. The topological polar surface area (TPSA) is 297 Å². The zero-order valence-corrected chi connectivity index (χ0v) is 32.0. The van der Waals surface area contributed by atoms with Gasteiger partial charge in [-0.05, 0) is 63.6 Å². The minimum absolute atomic E-state index is 0.00487. The summed E-state index contributed by atoms with van der Waals surface area (Å²) < 4.78 is 47.0. The second-order valence-corrected chi connectivity index (χ2v) is 14.6. The minimum Gasteiger partial charge on any atom is -0.497 e. The molecule has 3 aromatic rings. The second kappa shape index (κ2) is 18.2. The molecule has 0 bridgehead atoms. The van der Waals surface area contributed by atoms with Gasteiger partial charge in [0.1, 0.15) is 78.1 Å². The Hall–Kier alpha value is -3.77. The van der Waals surface area contributed by atoms with Crippen molar-refractivity contribution < 1.29 is 88.6 Å². The third-order valence-corrected chi connectivity index (χ3v) is 10.4. The number of benzene rings is 2. The molecule has 0 saturated carbocycles. The maximum atomic E-state index is 14.7. The van der Waals surface area contributed by atoms with Gasteiger partial charge in [0.2, 0.25) is 23.8 Å². The van der Waals surface area contributed by atoms with Gasteiger partial charge in [0.15, 0.2) is 18.2 Å². The van der Waals surface area contributed by atoms with E-state index in [2.05, 4.69) is 0 Å². The Morgan fingerprint density at radius 3 is 1.90 bits per heavy atom. The summed E-state index contributed by atoms with van der Waals surface area (Å²) in [6.45, 7) is 3.64. The van der Waals surface area contributed by atoms with Crippen LogP contribution in [-0.4, -0.2) is 164 Å². The minimum atomic E-state index is -1.90. The fraction of sp³-hybridized carbons (Fsp3) is 0.564. The maximum Gasteiger partial charge on any atom is 0.235 e. The number of aliphatic hydroxyl groups excluding tert-OH is 10. The average molecular weight is 823 g/mol. The Kier molecular flexibility index (Phi) is 13.8. The molecule has 19 heteroatoms. The predicted molar refractivity (Wildman–Crippen MR) is 198 cm³/mol. The molecule has 3 fully saturated rings. The van der Waals surface area contributed by atoms with Crippen LogP contribution in [0.5, 0.6) is 17.2 Å². The molecule has 0 spiro atoms. The first-order valence-electron chi connectivity index (χ1n) is 18.6. The van der Waals surface area contributed by atoms with Gasteiger partial charge in [-0.25, -0.2) is 0 Å². The largest absolute Gasteiger partial charge is 0.497 e. The van der Waals surface area contributed by atoms with Crippen LogP contribution in [0.2, 0.25) is 0 Å². The molecule has 15 unspecified atom stereocenters. The van der Waals surface area contributed by atoms with E-state index in [1.54, 1.807) is 24.3 Å². The van der Waals surface area contributed by atoms with Crippen LogP contribution in [0.3, 0.4) is 0 Å². The van der Waals surface area contributed by atoms with Gasteiger partial charge in [-0.3, -0.25) is 4.79 Å². The van der Waals surface area contributed by atoms with Crippen molar-refractivity contribution in [1.82, 2.24) is 0 Å². The Morgan fingerprint density at radius 2 is 1.31 bits per heavy atom. The summed E-state index contributed by atoms with van der Waals surface area (Å²) in [6.07, 6.45) is -22.6. The molecule has 10 N–H and O–H groups in total. The van der Waals surface area contributed by atoms with Crippen LogP contribution >= 0.6 is 0 Å². The van der Waals surface area contributed by atoms with E-state index in [1.165, 1.54) is 26.2 Å². The molecular weight excluding hydrogens is 772 g/mol. The SMILES string of the molecule is COc1ccc(-c2oc3c(CC=C(C)C)c(OC4OC(CO)C(O)C(O)C4O)ccc3c(=O)c2OC2OC(C)C(O)C(O)C2OC2OC(CO)C(O)C(O)C2O)cc1. The van der Waals surface area contributed by atoms with Crippen molar-refractivity contribution in [2.75, 3.05) is 20.3 Å². The predicted octanol–water partition coefficient (Wildman–Crippen LogP) is -1.81. The summed E-state index contributed by atoms with van der Waals surface area (Å²) in [4.78, 5) is 14.7. The highest BCUT2D eigenvalue weighted by atomic mass is 16.8. The van der Waals surface area contributed by atoms with Crippen molar-refractivity contribution >= 4 is 11.0 Å². The molecule has 15 atom stereocenters. The fourth-order valence-electron chi connectivity index (χ4n) is 6.91. The Morgan fingerprint density at radius 1 is 0.707 bits per heavy atom. The van der Waals surface area contributed by atoms with E-state index in [0.717, 1.165) is 5.57 Å². The van der Waals surface area contributed by atoms with Crippen LogP contribution in [0.25, 0.3) is 22.3 Å². The Balaban J connectivity index is 1.47. The maximum absolute atomic E-state index is 14.7. The Bertz CT molecular complexity index is 1940. The van der Waals surface area contributed by atoms with E-state index in [4.69, 9.17) is 37.6 Å². The summed E-state index contributed by atoms with van der Waals surface area (Å²) in [5, 5.41) is 104. The molecule has 3 aliphatic heterocycles. The van der Waals surface area contributed by atoms with E-state index >= 15 is 0 Å². The highest BCUT2D eigenvalue weighted by Gasteiger charge is 2.51. The lowest BCUT2D eigenvalue weighted by Gasteiger charge is -2.45. The summed E-state index contributed by atoms with van der Waals surface area (Å²) >= 11 is 0. The zero-order valence-electron chi connectivity index (χ0n) is 32.0. The smallest absolute Gasteiger partial charge is 0.235 e. The molecule has 320 valence electrons.